The van der Waals surface area contributed by atoms with Crippen molar-refractivity contribution in [2.45, 2.75) is 13.2 Å². The van der Waals surface area contributed by atoms with E-state index in [4.69, 9.17) is 10.5 Å². The Bertz CT molecular complexity index is 612. The molecular formula is C15H21N5O3. The molecule has 0 radical (unpaired) electrons. The highest BCUT2D eigenvalue weighted by Crippen LogP contribution is 2.19. The number of hydrogen-bond acceptors (Lipinski definition) is 7. The molecule has 8 nitrogen and oxygen atoms in total. The monoisotopic (exact) mass is 319 g/mol. The van der Waals surface area contributed by atoms with Gasteiger partial charge in [0.2, 0.25) is 0 Å². The smallest absolute Gasteiger partial charge is 0.169 e. The third-order valence-corrected chi connectivity index (χ3v) is 3.35. The highest BCUT2D eigenvalue weighted by atomic mass is 16.3. The molecule has 0 saturated carbocycles. The normalized spacial score (nSPS) is 17.7. The third-order valence-electron chi connectivity index (χ3n) is 3.35. The van der Waals surface area contributed by atoms with Crippen LogP contribution in [0.5, 0.6) is 0 Å². The lowest BCUT2D eigenvalue weighted by molar-refractivity contribution is 0.129. The first-order valence-electron chi connectivity index (χ1n) is 7.36. The number of aliphatic hydroxyl groups is 3. The summed E-state index contributed by atoms with van der Waals surface area (Å²) in [6.45, 7) is 2.36. The Kier molecular flexibility index (Phi) is 5.94. The molecule has 23 heavy (non-hydrogen) atoms. The van der Waals surface area contributed by atoms with Crippen LogP contribution < -0.4 is 5.32 Å². The lowest BCUT2D eigenvalue weighted by Gasteiger charge is -2.12. The lowest BCUT2D eigenvalue weighted by Crippen LogP contribution is -2.27. The van der Waals surface area contributed by atoms with Gasteiger partial charge in [-0.15, -0.1) is 0 Å². The van der Waals surface area contributed by atoms with Crippen LogP contribution in [0.1, 0.15) is 18.7 Å². The number of hydrazone groups is 1. The van der Waals surface area contributed by atoms with Crippen LogP contribution in [0.25, 0.3) is 0 Å². The van der Waals surface area contributed by atoms with Gasteiger partial charge in [0.15, 0.2) is 5.84 Å². The summed E-state index contributed by atoms with van der Waals surface area (Å²) in [4.78, 5) is 4.37. The Balaban J connectivity index is 2.16. The van der Waals surface area contributed by atoms with E-state index in [2.05, 4.69) is 15.4 Å². The summed E-state index contributed by atoms with van der Waals surface area (Å²) in [6.07, 6.45) is -0.862. The van der Waals surface area contributed by atoms with Gasteiger partial charge >= 0.3 is 0 Å². The molecule has 1 heterocycles. The number of amidine groups is 1. The van der Waals surface area contributed by atoms with Crippen LogP contribution in [0.4, 0.5) is 5.69 Å². The van der Waals surface area contributed by atoms with E-state index in [1.807, 2.05) is 6.92 Å². The molecule has 0 spiro atoms. The molecule has 1 unspecified atom stereocenters. The van der Waals surface area contributed by atoms with E-state index in [9.17, 15) is 10.2 Å². The van der Waals surface area contributed by atoms with Crippen LogP contribution in [0.15, 0.2) is 34.4 Å². The van der Waals surface area contributed by atoms with Crippen LogP contribution in [0.3, 0.4) is 0 Å². The molecule has 1 aliphatic heterocycles. The molecular weight excluding hydrogens is 298 g/mol. The fraction of sp³-hybridized carbons (Fsp3) is 0.400. The minimum Gasteiger partial charge on any atom is -0.395 e. The molecule has 1 aromatic rings. The predicted molar refractivity (Wildman–Crippen MR) is 88.2 cm³/mol. The quantitative estimate of drug-likeness (QED) is 0.452. The predicted octanol–water partition coefficient (Wildman–Crippen LogP) is -0.00703. The average Bonchev–Trinajstić information content (AvgIpc) is 2.89. The van der Waals surface area contributed by atoms with Gasteiger partial charge in [-0.25, -0.2) is 10.0 Å². The zero-order valence-corrected chi connectivity index (χ0v) is 12.9. The fourth-order valence-corrected chi connectivity index (χ4v) is 2.13. The average molecular weight is 319 g/mol. The first kappa shape index (κ1) is 17.2. The summed E-state index contributed by atoms with van der Waals surface area (Å²) in [5.41, 5.74) is 1.96. The first-order valence-corrected chi connectivity index (χ1v) is 7.36. The Morgan fingerprint density at radius 1 is 1.30 bits per heavy atom. The van der Waals surface area contributed by atoms with E-state index in [1.54, 1.807) is 24.3 Å². The van der Waals surface area contributed by atoms with Gasteiger partial charge in [-0.1, -0.05) is 12.1 Å². The number of benzene rings is 1. The summed E-state index contributed by atoms with van der Waals surface area (Å²) < 4.78 is 0. The standard InChI is InChI=1S/C15H21N5O3/c1-2-20-14(16)13(12(9-22)19-20)18-11-5-3-10(4-6-11)15(23)17-7-8-21/h3-6,15-17,21-23H,2,7-9H2,1H3. The van der Waals surface area contributed by atoms with E-state index in [0.717, 1.165) is 0 Å². The number of aliphatic imine (C=N–C) groups is 1. The van der Waals surface area contributed by atoms with Crippen molar-refractivity contribution in [3.8, 4) is 0 Å². The lowest BCUT2D eigenvalue weighted by atomic mass is 10.1. The van der Waals surface area contributed by atoms with Crippen molar-refractivity contribution < 1.29 is 15.3 Å². The summed E-state index contributed by atoms with van der Waals surface area (Å²) in [5, 5.41) is 44.3. The molecule has 0 amide bonds. The molecule has 0 fully saturated rings. The van der Waals surface area contributed by atoms with Gasteiger partial charge < -0.3 is 15.3 Å². The summed E-state index contributed by atoms with van der Waals surface area (Å²) in [7, 11) is 0. The van der Waals surface area contributed by atoms with Crippen molar-refractivity contribution >= 4 is 22.9 Å². The zero-order valence-electron chi connectivity index (χ0n) is 12.9. The summed E-state index contributed by atoms with van der Waals surface area (Å²) in [5.74, 6) is 0.158. The Morgan fingerprint density at radius 2 is 2.00 bits per heavy atom. The number of hydrogen-bond donors (Lipinski definition) is 5. The van der Waals surface area contributed by atoms with Crippen LogP contribution in [-0.4, -0.2) is 63.9 Å². The molecule has 0 aromatic heterocycles. The van der Waals surface area contributed by atoms with E-state index >= 15 is 0 Å². The Labute approximate surface area is 134 Å². The van der Waals surface area contributed by atoms with Gasteiger partial charge in [0, 0.05) is 13.1 Å². The summed E-state index contributed by atoms with van der Waals surface area (Å²) >= 11 is 0. The van der Waals surface area contributed by atoms with Crippen LogP contribution in [-0.2, 0) is 0 Å². The highest BCUT2D eigenvalue weighted by molar-refractivity contribution is 6.70. The number of nitrogens with zero attached hydrogens (tertiary/aromatic N) is 3. The highest BCUT2D eigenvalue weighted by Gasteiger charge is 2.26. The van der Waals surface area contributed by atoms with Gasteiger partial charge in [-0.05, 0) is 24.6 Å². The SMILES string of the molecule is CCN1N=C(CO)C(=Nc2ccc(C(O)NCCO)cc2)C1=N. The number of nitrogens with one attached hydrogen (secondary N) is 2. The number of aliphatic hydroxyl groups excluding tert-OH is 3. The zero-order chi connectivity index (χ0) is 16.8. The molecule has 8 heteroatoms. The van der Waals surface area contributed by atoms with E-state index in [1.165, 1.54) is 5.01 Å². The van der Waals surface area contributed by atoms with Crippen molar-refractivity contribution in [2.75, 3.05) is 26.3 Å². The molecule has 124 valence electrons. The van der Waals surface area contributed by atoms with Crippen LogP contribution in [0.2, 0.25) is 0 Å². The van der Waals surface area contributed by atoms with E-state index in [-0.39, 0.29) is 19.0 Å². The molecule has 1 atom stereocenters. The fourth-order valence-electron chi connectivity index (χ4n) is 2.13. The molecule has 0 aliphatic carbocycles. The molecule has 0 bridgehead atoms. The Hall–Kier alpha value is -2.13. The minimum atomic E-state index is -0.862. The third kappa shape index (κ3) is 3.99. The number of rotatable bonds is 7. The van der Waals surface area contributed by atoms with Crippen LogP contribution in [0, 0.1) is 5.41 Å². The second-order valence-corrected chi connectivity index (χ2v) is 4.90. The van der Waals surface area contributed by atoms with Crippen molar-refractivity contribution in [1.29, 1.82) is 5.41 Å². The van der Waals surface area contributed by atoms with E-state index in [0.29, 0.717) is 35.8 Å². The maximum absolute atomic E-state index is 9.86. The van der Waals surface area contributed by atoms with Gasteiger partial charge in [0.25, 0.3) is 0 Å². The largest absolute Gasteiger partial charge is 0.395 e. The van der Waals surface area contributed by atoms with Gasteiger partial charge in [-0.2, -0.15) is 5.10 Å². The minimum absolute atomic E-state index is 0.0535. The molecule has 5 N–H and O–H groups in total. The topological polar surface area (TPSA) is 125 Å². The second kappa shape index (κ2) is 7.93. The van der Waals surface area contributed by atoms with Gasteiger partial charge in [0.05, 0.1) is 18.9 Å². The van der Waals surface area contributed by atoms with Crippen molar-refractivity contribution in [3.63, 3.8) is 0 Å². The molecule has 1 aromatic carbocycles. The first-order chi connectivity index (χ1) is 11.1. The van der Waals surface area contributed by atoms with Crippen molar-refractivity contribution in [1.82, 2.24) is 10.3 Å². The van der Waals surface area contributed by atoms with Gasteiger partial charge in [0.1, 0.15) is 17.7 Å². The molecule has 2 rings (SSSR count). The molecule has 0 saturated heterocycles. The van der Waals surface area contributed by atoms with Crippen molar-refractivity contribution in [2.24, 2.45) is 10.1 Å². The van der Waals surface area contributed by atoms with Gasteiger partial charge in [-0.3, -0.25) is 10.7 Å². The molecule has 1 aliphatic rings. The maximum atomic E-state index is 9.86. The second-order valence-electron chi connectivity index (χ2n) is 4.90. The Morgan fingerprint density at radius 3 is 2.57 bits per heavy atom. The summed E-state index contributed by atoms with van der Waals surface area (Å²) in [6, 6.07) is 6.84. The maximum Gasteiger partial charge on any atom is 0.169 e. The van der Waals surface area contributed by atoms with E-state index < -0.39 is 6.23 Å². The van der Waals surface area contributed by atoms with Crippen LogP contribution >= 0.6 is 0 Å². The van der Waals surface area contributed by atoms with Crippen molar-refractivity contribution in [3.05, 3.63) is 29.8 Å².